The van der Waals surface area contributed by atoms with E-state index in [1.807, 2.05) is 13.8 Å². The number of hydrogen-bond acceptors (Lipinski definition) is 2. The highest BCUT2D eigenvalue weighted by Crippen LogP contribution is 2.27. The Labute approximate surface area is 104 Å². The van der Waals surface area contributed by atoms with Crippen LogP contribution in [-0.2, 0) is 10.2 Å². The zero-order valence-electron chi connectivity index (χ0n) is 9.95. The van der Waals surface area contributed by atoms with Crippen molar-refractivity contribution in [2.45, 2.75) is 39.2 Å². The van der Waals surface area contributed by atoms with E-state index in [4.69, 9.17) is 11.6 Å². The Bertz CT molecular complexity index is 304. The van der Waals surface area contributed by atoms with E-state index in [1.54, 1.807) is 0 Å². The van der Waals surface area contributed by atoms with Gasteiger partial charge < -0.3 is 0 Å². The van der Waals surface area contributed by atoms with E-state index in [0.717, 1.165) is 19.3 Å². The number of alkyl halides is 1. The predicted octanol–water partition coefficient (Wildman–Crippen LogP) is 1.57. The van der Waals surface area contributed by atoms with Gasteiger partial charge in [-0.05, 0) is 18.8 Å². The molecule has 2 unspecified atom stereocenters. The molecule has 0 radical (unpaired) electrons. The first-order valence-corrected chi connectivity index (χ1v) is 7.86. The zero-order valence-corrected chi connectivity index (χ0v) is 11.5. The van der Waals surface area contributed by atoms with Crippen LogP contribution in [0, 0.1) is 5.92 Å². The van der Waals surface area contributed by atoms with Crippen LogP contribution in [0.15, 0.2) is 0 Å². The molecule has 0 aliphatic heterocycles. The van der Waals surface area contributed by atoms with Gasteiger partial charge in [0.2, 0.25) is 0 Å². The molecule has 0 aromatic rings. The summed E-state index contributed by atoms with van der Waals surface area (Å²) in [5.41, 5.74) is 0. The molecule has 0 spiro atoms. The molecule has 1 fully saturated rings. The molecular formula is C10H21ClN2O2S. The van der Waals surface area contributed by atoms with Crippen molar-refractivity contribution < 1.29 is 8.42 Å². The molecule has 1 N–H and O–H groups in total. The fourth-order valence-corrected chi connectivity index (χ4v) is 4.10. The van der Waals surface area contributed by atoms with Crippen LogP contribution in [0.3, 0.4) is 0 Å². The molecule has 4 nitrogen and oxygen atoms in total. The van der Waals surface area contributed by atoms with Crippen molar-refractivity contribution >= 4 is 21.8 Å². The Kier molecular flexibility index (Phi) is 5.50. The average Bonchev–Trinajstić information content (AvgIpc) is 2.65. The second kappa shape index (κ2) is 6.19. The minimum Gasteiger partial charge on any atom is -0.199 e. The SMILES string of the molecule is CCN(CC)S(=O)(=O)NC1CCCC1CCl. The quantitative estimate of drug-likeness (QED) is 0.744. The van der Waals surface area contributed by atoms with E-state index < -0.39 is 10.2 Å². The number of nitrogens with one attached hydrogen (secondary N) is 1. The van der Waals surface area contributed by atoms with Crippen LogP contribution >= 0.6 is 11.6 Å². The normalized spacial score (nSPS) is 26.5. The average molecular weight is 269 g/mol. The van der Waals surface area contributed by atoms with Crippen LogP contribution in [0.1, 0.15) is 33.1 Å². The third-order valence-corrected chi connectivity index (χ3v) is 5.40. The number of rotatable bonds is 6. The maximum atomic E-state index is 12.0. The molecule has 6 heteroatoms. The Morgan fingerprint density at radius 2 is 1.94 bits per heavy atom. The van der Waals surface area contributed by atoms with Crippen molar-refractivity contribution in [1.82, 2.24) is 9.03 Å². The van der Waals surface area contributed by atoms with Crippen molar-refractivity contribution in [2.75, 3.05) is 19.0 Å². The van der Waals surface area contributed by atoms with Crippen LogP contribution in [0.5, 0.6) is 0 Å². The molecule has 96 valence electrons. The summed E-state index contributed by atoms with van der Waals surface area (Å²) in [5.74, 6) is 0.817. The second-order valence-corrected chi connectivity index (χ2v) is 6.17. The first-order chi connectivity index (χ1) is 7.55. The maximum Gasteiger partial charge on any atom is 0.279 e. The van der Waals surface area contributed by atoms with Crippen LogP contribution in [0.25, 0.3) is 0 Å². The van der Waals surface area contributed by atoms with Gasteiger partial charge in [0.15, 0.2) is 0 Å². The molecule has 1 aliphatic carbocycles. The topological polar surface area (TPSA) is 49.4 Å². The summed E-state index contributed by atoms with van der Waals surface area (Å²) in [7, 11) is -3.32. The lowest BCUT2D eigenvalue weighted by Gasteiger charge is -2.24. The fraction of sp³-hybridized carbons (Fsp3) is 1.00. The summed E-state index contributed by atoms with van der Waals surface area (Å²) in [4.78, 5) is 0. The highest BCUT2D eigenvalue weighted by Gasteiger charge is 2.31. The zero-order chi connectivity index (χ0) is 12.2. The second-order valence-electron chi connectivity index (χ2n) is 4.16. The van der Waals surface area contributed by atoms with Gasteiger partial charge in [-0.1, -0.05) is 20.3 Å². The van der Waals surface area contributed by atoms with E-state index in [0.29, 0.717) is 19.0 Å². The summed E-state index contributed by atoms with van der Waals surface area (Å²) >= 11 is 5.83. The molecule has 0 aromatic heterocycles. The van der Waals surface area contributed by atoms with Crippen molar-refractivity contribution in [1.29, 1.82) is 0 Å². The highest BCUT2D eigenvalue weighted by molar-refractivity contribution is 7.87. The van der Waals surface area contributed by atoms with Gasteiger partial charge in [0.05, 0.1) is 0 Å². The largest absolute Gasteiger partial charge is 0.279 e. The number of halogens is 1. The molecule has 16 heavy (non-hydrogen) atoms. The van der Waals surface area contributed by atoms with Gasteiger partial charge in [0.1, 0.15) is 0 Å². The van der Waals surface area contributed by atoms with Gasteiger partial charge >= 0.3 is 0 Å². The Morgan fingerprint density at radius 1 is 1.31 bits per heavy atom. The summed E-state index contributed by atoms with van der Waals surface area (Å²) in [6, 6.07) is 0.0168. The molecule has 0 aromatic carbocycles. The van der Waals surface area contributed by atoms with Crippen LogP contribution in [0.4, 0.5) is 0 Å². The Balaban J connectivity index is 2.65. The van der Waals surface area contributed by atoms with Crippen molar-refractivity contribution in [3.8, 4) is 0 Å². The standard InChI is InChI=1S/C10H21ClN2O2S/c1-3-13(4-2)16(14,15)12-10-7-5-6-9(10)8-11/h9-10,12H,3-8H2,1-2H3. The van der Waals surface area contributed by atoms with Crippen molar-refractivity contribution in [3.05, 3.63) is 0 Å². The van der Waals surface area contributed by atoms with Crippen molar-refractivity contribution in [2.24, 2.45) is 5.92 Å². The smallest absolute Gasteiger partial charge is 0.199 e. The summed E-state index contributed by atoms with van der Waals surface area (Å²) in [6.07, 6.45) is 2.98. The molecule has 1 rings (SSSR count). The summed E-state index contributed by atoms with van der Waals surface area (Å²) in [5, 5.41) is 0. The van der Waals surface area contributed by atoms with E-state index in [-0.39, 0.29) is 12.0 Å². The minimum absolute atomic E-state index is 0.0168. The van der Waals surface area contributed by atoms with Crippen molar-refractivity contribution in [3.63, 3.8) is 0 Å². The van der Waals surface area contributed by atoms with Crippen LogP contribution in [-0.4, -0.2) is 37.7 Å². The fourth-order valence-electron chi connectivity index (χ4n) is 2.21. The molecular weight excluding hydrogens is 248 g/mol. The summed E-state index contributed by atoms with van der Waals surface area (Å²) < 4.78 is 28.2. The van der Waals surface area contributed by atoms with Gasteiger partial charge in [-0.3, -0.25) is 0 Å². The molecule has 0 bridgehead atoms. The monoisotopic (exact) mass is 268 g/mol. The van der Waals surface area contributed by atoms with Gasteiger partial charge in [-0.25, -0.2) is 0 Å². The summed E-state index contributed by atoms with van der Waals surface area (Å²) in [6.45, 7) is 4.70. The number of hydrogen-bond donors (Lipinski definition) is 1. The molecule has 0 heterocycles. The highest BCUT2D eigenvalue weighted by atomic mass is 35.5. The van der Waals surface area contributed by atoms with Gasteiger partial charge in [-0.15, -0.1) is 11.6 Å². The predicted molar refractivity (Wildman–Crippen MR) is 66.8 cm³/mol. The lowest BCUT2D eigenvalue weighted by Crippen LogP contribution is -2.46. The van der Waals surface area contributed by atoms with E-state index in [2.05, 4.69) is 4.72 Å². The third kappa shape index (κ3) is 3.32. The Hall–Kier alpha value is 0.160. The van der Waals surface area contributed by atoms with Crippen LogP contribution < -0.4 is 4.72 Å². The van der Waals surface area contributed by atoms with E-state index >= 15 is 0 Å². The van der Waals surface area contributed by atoms with Gasteiger partial charge in [-0.2, -0.15) is 17.4 Å². The maximum absolute atomic E-state index is 12.0. The van der Waals surface area contributed by atoms with E-state index in [1.165, 1.54) is 4.31 Å². The lowest BCUT2D eigenvalue weighted by atomic mass is 10.1. The third-order valence-electron chi connectivity index (χ3n) is 3.20. The molecule has 1 aliphatic rings. The molecule has 1 saturated carbocycles. The number of nitrogens with zero attached hydrogens (tertiary/aromatic N) is 1. The first-order valence-electron chi connectivity index (χ1n) is 5.88. The molecule has 2 atom stereocenters. The molecule has 0 amide bonds. The van der Waals surface area contributed by atoms with E-state index in [9.17, 15) is 8.42 Å². The van der Waals surface area contributed by atoms with Gasteiger partial charge in [0.25, 0.3) is 10.2 Å². The van der Waals surface area contributed by atoms with Gasteiger partial charge in [0, 0.05) is 25.0 Å². The van der Waals surface area contributed by atoms with Crippen LogP contribution in [0.2, 0.25) is 0 Å². The molecule has 0 saturated heterocycles. The first kappa shape index (κ1) is 14.2. The Morgan fingerprint density at radius 3 is 2.44 bits per heavy atom. The lowest BCUT2D eigenvalue weighted by molar-refractivity contribution is 0.410. The minimum atomic E-state index is -3.32.